The Balaban J connectivity index is 2.13. The fourth-order valence-electron chi connectivity index (χ4n) is 2.40. The van der Waals surface area contributed by atoms with Gasteiger partial charge in [0.05, 0.1) is 0 Å². The third kappa shape index (κ3) is 4.08. The lowest BCUT2D eigenvalue weighted by Gasteiger charge is -2.19. The highest BCUT2D eigenvalue weighted by atomic mass is 32.2. The van der Waals surface area contributed by atoms with Gasteiger partial charge in [-0.25, -0.2) is 0 Å². The van der Waals surface area contributed by atoms with Crippen LogP contribution >= 0.6 is 11.8 Å². The summed E-state index contributed by atoms with van der Waals surface area (Å²) in [7, 11) is 2.01. The van der Waals surface area contributed by atoms with Gasteiger partial charge in [-0.3, -0.25) is 0 Å². The van der Waals surface area contributed by atoms with E-state index in [9.17, 15) is 0 Å². The van der Waals surface area contributed by atoms with Crippen LogP contribution in [0.25, 0.3) is 0 Å². The van der Waals surface area contributed by atoms with Crippen LogP contribution in [-0.4, -0.2) is 27.1 Å². The monoisotopic (exact) mass is 304 g/mol. The van der Waals surface area contributed by atoms with E-state index in [1.54, 1.807) is 11.8 Å². The van der Waals surface area contributed by atoms with Crippen LogP contribution in [0.2, 0.25) is 0 Å². The van der Waals surface area contributed by atoms with Crippen LogP contribution in [0, 0.1) is 20.8 Å². The summed E-state index contributed by atoms with van der Waals surface area (Å²) >= 11 is 1.75. The summed E-state index contributed by atoms with van der Waals surface area (Å²) in [5.41, 5.74) is 3.97. The minimum atomic E-state index is 0.329. The number of nitrogens with zero attached hydrogens (tertiary/aromatic N) is 3. The lowest BCUT2D eigenvalue weighted by atomic mass is 10.0. The van der Waals surface area contributed by atoms with Gasteiger partial charge >= 0.3 is 0 Å². The molecule has 0 aliphatic carbocycles. The molecule has 0 bridgehead atoms. The molecule has 114 valence electrons. The molecule has 4 nitrogen and oxygen atoms in total. The minimum Gasteiger partial charge on any atom is -0.309 e. The van der Waals surface area contributed by atoms with Crippen molar-refractivity contribution in [3.8, 4) is 0 Å². The minimum absolute atomic E-state index is 0.329. The molecule has 1 aromatic carbocycles. The summed E-state index contributed by atoms with van der Waals surface area (Å²) < 4.78 is 2.04. The smallest absolute Gasteiger partial charge is 0.191 e. The van der Waals surface area contributed by atoms with Crippen molar-refractivity contribution in [2.24, 2.45) is 7.05 Å². The molecule has 0 spiro atoms. The molecule has 0 saturated heterocycles. The predicted molar refractivity (Wildman–Crippen MR) is 88.8 cm³/mol. The van der Waals surface area contributed by atoms with E-state index in [2.05, 4.69) is 54.5 Å². The largest absolute Gasteiger partial charge is 0.309 e. The van der Waals surface area contributed by atoms with Crippen LogP contribution < -0.4 is 5.32 Å². The average molecular weight is 304 g/mol. The zero-order valence-electron chi connectivity index (χ0n) is 13.5. The highest BCUT2D eigenvalue weighted by Gasteiger charge is 2.14. The Hall–Kier alpha value is -1.33. The van der Waals surface area contributed by atoms with Crippen molar-refractivity contribution in [1.29, 1.82) is 0 Å². The quantitative estimate of drug-likeness (QED) is 0.832. The first-order valence-electron chi connectivity index (χ1n) is 7.31. The molecular formula is C16H24N4S. The zero-order valence-corrected chi connectivity index (χ0v) is 14.3. The molecule has 1 atom stereocenters. The Morgan fingerprint density at radius 1 is 1.14 bits per heavy atom. The molecule has 2 aromatic rings. The van der Waals surface area contributed by atoms with Crippen molar-refractivity contribution in [2.45, 2.75) is 38.9 Å². The molecule has 1 heterocycles. The maximum absolute atomic E-state index is 4.22. The second-order valence-corrected chi connectivity index (χ2v) is 6.42. The Kier molecular flexibility index (Phi) is 5.42. The molecule has 1 unspecified atom stereocenters. The zero-order chi connectivity index (χ0) is 15.4. The maximum atomic E-state index is 4.22. The van der Waals surface area contributed by atoms with E-state index in [-0.39, 0.29) is 0 Å². The SMILES string of the molecule is CCNC(CSc1nnc(C)n1C)c1cc(C)cc(C)c1. The van der Waals surface area contributed by atoms with Crippen molar-refractivity contribution in [2.75, 3.05) is 12.3 Å². The van der Waals surface area contributed by atoms with E-state index in [0.29, 0.717) is 6.04 Å². The lowest BCUT2D eigenvalue weighted by Crippen LogP contribution is -2.23. The third-order valence-electron chi connectivity index (χ3n) is 3.53. The number of hydrogen-bond acceptors (Lipinski definition) is 4. The van der Waals surface area contributed by atoms with Gasteiger partial charge in [0.1, 0.15) is 5.82 Å². The molecule has 5 heteroatoms. The number of hydrogen-bond donors (Lipinski definition) is 1. The van der Waals surface area contributed by atoms with Gasteiger partial charge in [0, 0.05) is 18.8 Å². The van der Waals surface area contributed by atoms with Crippen molar-refractivity contribution >= 4 is 11.8 Å². The normalized spacial score (nSPS) is 12.6. The summed E-state index contributed by atoms with van der Waals surface area (Å²) in [6.45, 7) is 9.38. The molecule has 0 amide bonds. The Labute approximate surface area is 131 Å². The van der Waals surface area contributed by atoms with Crippen LogP contribution in [0.1, 0.15) is 35.5 Å². The maximum Gasteiger partial charge on any atom is 0.191 e. The predicted octanol–water partition coefficient (Wildman–Crippen LogP) is 3.18. The first kappa shape index (κ1) is 16.0. The average Bonchev–Trinajstić information content (AvgIpc) is 2.74. The van der Waals surface area contributed by atoms with Gasteiger partial charge in [-0.2, -0.15) is 0 Å². The fourth-order valence-corrected chi connectivity index (χ4v) is 3.45. The molecule has 1 aromatic heterocycles. The molecule has 0 fully saturated rings. The molecule has 21 heavy (non-hydrogen) atoms. The number of nitrogens with one attached hydrogen (secondary N) is 1. The van der Waals surface area contributed by atoms with Crippen LogP contribution in [-0.2, 0) is 7.05 Å². The van der Waals surface area contributed by atoms with Crippen molar-refractivity contribution in [3.05, 3.63) is 40.7 Å². The molecule has 0 saturated carbocycles. The second-order valence-electron chi connectivity index (χ2n) is 5.43. The van der Waals surface area contributed by atoms with E-state index in [4.69, 9.17) is 0 Å². The highest BCUT2D eigenvalue weighted by Crippen LogP contribution is 2.25. The van der Waals surface area contributed by atoms with Crippen molar-refractivity contribution < 1.29 is 0 Å². The van der Waals surface area contributed by atoms with Crippen molar-refractivity contribution in [3.63, 3.8) is 0 Å². The van der Waals surface area contributed by atoms with E-state index in [0.717, 1.165) is 23.3 Å². The summed E-state index contributed by atoms with van der Waals surface area (Å²) in [5, 5.41) is 12.9. The summed E-state index contributed by atoms with van der Waals surface area (Å²) in [4.78, 5) is 0. The van der Waals surface area contributed by atoms with Gasteiger partial charge in [-0.15, -0.1) is 10.2 Å². The third-order valence-corrected chi connectivity index (χ3v) is 4.64. The van der Waals surface area contributed by atoms with E-state index < -0.39 is 0 Å². The second kappa shape index (κ2) is 7.09. The number of aryl methyl sites for hydroxylation is 3. The first-order chi connectivity index (χ1) is 10.0. The molecule has 2 rings (SSSR count). The van der Waals surface area contributed by atoms with Gasteiger partial charge in [0.25, 0.3) is 0 Å². The Morgan fingerprint density at radius 3 is 2.33 bits per heavy atom. The fraction of sp³-hybridized carbons (Fsp3) is 0.500. The summed E-state index contributed by atoms with van der Waals surface area (Å²) in [6, 6.07) is 7.08. The van der Waals surface area contributed by atoms with Gasteiger partial charge in [-0.1, -0.05) is 48.0 Å². The van der Waals surface area contributed by atoms with E-state index in [1.807, 2.05) is 18.5 Å². The van der Waals surface area contributed by atoms with Gasteiger partial charge < -0.3 is 9.88 Å². The van der Waals surface area contributed by atoms with E-state index in [1.165, 1.54) is 16.7 Å². The number of rotatable bonds is 6. The summed E-state index contributed by atoms with van der Waals surface area (Å²) in [5.74, 6) is 1.90. The Bertz CT molecular complexity index is 586. The van der Waals surface area contributed by atoms with Crippen LogP contribution in [0.4, 0.5) is 0 Å². The number of benzene rings is 1. The molecule has 1 N–H and O–H groups in total. The highest BCUT2D eigenvalue weighted by molar-refractivity contribution is 7.99. The molecule has 0 aliphatic rings. The summed E-state index contributed by atoms with van der Waals surface area (Å²) in [6.07, 6.45) is 0. The number of aromatic nitrogens is 3. The van der Waals surface area contributed by atoms with E-state index >= 15 is 0 Å². The van der Waals surface area contributed by atoms with Gasteiger partial charge in [0.15, 0.2) is 5.16 Å². The Morgan fingerprint density at radius 2 is 1.81 bits per heavy atom. The van der Waals surface area contributed by atoms with Gasteiger partial charge in [-0.05, 0) is 32.9 Å². The van der Waals surface area contributed by atoms with Crippen molar-refractivity contribution in [1.82, 2.24) is 20.1 Å². The molecular weight excluding hydrogens is 280 g/mol. The molecule has 0 radical (unpaired) electrons. The lowest BCUT2D eigenvalue weighted by molar-refractivity contribution is 0.604. The standard InChI is InChI=1S/C16H24N4S/c1-6-17-15(14-8-11(2)7-12(3)9-14)10-21-16-19-18-13(4)20(16)5/h7-9,15,17H,6,10H2,1-5H3. The van der Waals surface area contributed by atoms with Crippen LogP contribution in [0.5, 0.6) is 0 Å². The number of thioether (sulfide) groups is 1. The van der Waals surface area contributed by atoms with Crippen LogP contribution in [0.15, 0.2) is 23.4 Å². The van der Waals surface area contributed by atoms with Gasteiger partial charge in [0.2, 0.25) is 0 Å². The molecule has 0 aliphatic heterocycles. The first-order valence-corrected chi connectivity index (χ1v) is 8.30. The topological polar surface area (TPSA) is 42.7 Å². The van der Waals surface area contributed by atoms with Crippen LogP contribution in [0.3, 0.4) is 0 Å².